The average Bonchev–Trinajstić information content (AvgIpc) is 3.24. The molecule has 2 heterocycles. The van der Waals surface area contributed by atoms with Gasteiger partial charge in [0.15, 0.2) is 23.0 Å². The predicted molar refractivity (Wildman–Crippen MR) is 94.5 cm³/mol. The molecule has 4 nitrogen and oxygen atoms in total. The number of fused-ring (bicyclic) bond motifs is 2. The molecule has 0 N–H and O–H groups in total. The van der Waals surface area contributed by atoms with E-state index in [0.29, 0.717) is 13.6 Å². The van der Waals surface area contributed by atoms with Crippen molar-refractivity contribution >= 4 is 12.2 Å². The van der Waals surface area contributed by atoms with Crippen LogP contribution in [0, 0.1) is 0 Å². The van der Waals surface area contributed by atoms with Crippen LogP contribution in [0.5, 0.6) is 23.0 Å². The van der Waals surface area contributed by atoms with Crippen LogP contribution in [0.2, 0.25) is 0 Å². The Bertz CT molecular complexity index is 697. The second-order valence-corrected chi connectivity index (χ2v) is 5.23. The first-order valence-electron chi connectivity index (χ1n) is 7.85. The Kier molecular flexibility index (Phi) is 5.06. The van der Waals surface area contributed by atoms with Crippen molar-refractivity contribution in [3.8, 4) is 23.0 Å². The summed E-state index contributed by atoms with van der Waals surface area (Å²) in [6, 6.07) is 11.8. The molecule has 4 heteroatoms. The van der Waals surface area contributed by atoms with E-state index in [4.69, 9.17) is 18.9 Å². The smallest absolute Gasteiger partial charge is 0.231 e. The van der Waals surface area contributed by atoms with Gasteiger partial charge in [-0.05, 0) is 49.2 Å². The van der Waals surface area contributed by atoms with Gasteiger partial charge in [0.05, 0.1) is 0 Å². The Morgan fingerprint density at radius 1 is 0.625 bits per heavy atom. The molecule has 0 spiro atoms. The first-order valence-corrected chi connectivity index (χ1v) is 7.85. The summed E-state index contributed by atoms with van der Waals surface area (Å²) in [4.78, 5) is 0. The van der Waals surface area contributed by atoms with Gasteiger partial charge < -0.3 is 18.9 Å². The Morgan fingerprint density at radius 3 is 1.46 bits per heavy atom. The van der Waals surface area contributed by atoms with Gasteiger partial charge in [0.25, 0.3) is 0 Å². The normalized spacial score (nSPS) is 14.1. The van der Waals surface area contributed by atoms with Gasteiger partial charge in [-0.2, -0.15) is 0 Å². The number of hydrogen-bond donors (Lipinski definition) is 0. The van der Waals surface area contributed by atoms with Crippen LogP contribution in [0.15, 0.2) is 48.6 Å². The van der Waals surface area contributed by atoms with Crippen molar-refractivity contribution in [3.63, 3.8) is 0 Å². The van der Waals surface area contributed by atoms with Gasteiger partial charge in [-0.3, -0.25) is 0 Å². The molecule has 0 unspecified atom stereocenters. The zero-order chi connectivity index (χ0) is 16.8. The van der Waals surface area contributed by atoms with E-state index in [2.05, 4.69) is 0 Å². The fourth-order valence-corrected chi connectivity index (χ4v) is 2.42. The maximum atomic E-state index is 5.23. The lowest BCUT2D eigenvalue weighted by atomic mass is 10.2. The van der Waals surface area contributed by atoms with Crippen LogP contribution in [0.4, 0.5) is 0 Å². The zero-order valence-corrected chi connectivity index (χ0v) is 13.8. The van der Waals surface area contributed by atoms with Gasteiger partial charge in [0.1, 0.15) is 0 Å². The molecule has 2 aromatic rings. The summed E-state index contributed by atoms with van der Waals surface area (Å²) in [6.07, 6.45) is 8.05. The predicted octanol–water partition coefficient (Wildman–Crippen LogP) is 4.90. The number of ether oxygens (including phenoxy) is 4. The monoisotopic (exact) mass is 324 g/mol. The molecule has 0 bridgehead atoms. The second-order valence-electron chi connectivity index (χ2n) is 5.23. The quantitative estimate of drug-likeness (QED) is 0.787. The molecular weight excluding hydrogens is 304 g/mol. The van der Waals surface area contributed by atoms with Gasteiger partial charge in [0.2, 0.25) is 13.6 Å². The van der Waals surface area contributed by atoms with Crippen molar-refractivity contribution in [2.75, 3.05) is 13.6 Å². The second kappa shape index (κ2) is 7.59. The molecule has 0 radical (unpaired) electrons. The van der Waals surface area contributed by atoms with Gasteiger partial charge in [-0.15, -0.1) is 0 Å². The van der Waals surface area contributed by atoms with Crippen LogP contribution < -0.4 is 18.9 Å². The third-order valence-electron chi connectivity index (χ3n) is 3.51. The third-order valence-corrected chi connectivity index (χ3v) is 3.51. The van der Waals surface area contributed by atoms with Crippen molar-refractivity contribution in [1.82, 2.24) is 0 Å². The first kappa shape index (κ1) is 16.0. The highest BCUT2D eigenvalue weighted by atomic mass is 16.7. The van der Waals surface area contributed by atoms with Crippen molar-refractivity contribution in [3.05, 3.63) is 59.7 Å². The third kappa shape index (κ3) is 3.71. The van der Waals surface area contributed by atoms with E-state index in [-0.39, 0.29) is 0 Å². The molecule has 2 aliphatic rings. The van der Waals surface area contributed by atoms with Gasteiger partial charge >= 0.3 is 0 Å². The Hall–Kier alpha value is -2.88. The van der Waals surface area contributed by atoms with Crippen LogP contribution in [0.1, 0.15) is 25.0 Å². The van der Waals surface area contributed by atoms with Gasteiger partial charge in [-0.25, -0.2) is 0 Å². The van der Waals surface area contributed by atoms with Gasteiger partial charge in [0, 0.05) is 0 Å². The molecule has 2 aromatic carbocycles. The summed E-state index contributed by atoms with van der Waals surface area (Å²) in [5.41, 5.74) is 2.28. The van der Waals surface area contributed by atoms with Crippen LogP contribution in [0.25, 0.3) is 12.2 Å². The van der Waals surface area contributed by atoms with Crippen LogP contribution >= 0.6 is 0 Å². The van der Waals surface area contributed by atoms with E-state index >= 15 is 0 Å². The molecule has 24 heavy (non-hydrogen) atoms. The first-order chi connectivity index (χ1) is 11.8. The summed E-state index contributed by atoms with van der Waals surface area (Å²) in [5.74, 6) is 3.35. The van der Waals surface area contributed by atoms with E-state index in [9.17, 15) is 0 Å². The van der Waals surface area contributed by atoms with E-state index in [1.165, 1.54) is 0 Å². The van der Waals surface area contributed by atoms with Gasteiger partial charge in [-0.1, -0.05) is 36.4 Å². The van der Waals surface area contributed by atoms with Crippen molar-refractivity contribution < 1.29 is 18.9 Å². The van der Waals surface area contributed by atoms with E-state index < -0.39 is 0 Å². The topological polar surface area (TPSA) is 36.9 Å². The average molecular weight is 324 g/mol. The lowest BCUT2D eigenvalue weighted by molar-refractivity contribution is 0.173. The molecule has 0 fully saturated rings. The molecule has 0 atom stereocenters. The molecular formula is C20H20O4. The highest BCUT2D eigenvalue weighted by molar-refractivity contribution is 5.57. The van der Waals surface area contributed by atoms with Crippen molar-refractivity contribution in [1.29, 1.82) is 0 Å². The minimum Gasteiger partial charge on any atom is -0.454 e. The zero-order valence-electron chi connectivity index (χ0n) is 13.8. The van der Waals surface area contributed by atoms with E-state index in [1.54, 1.807) is 0 Å². The summed E-state index contributed by atoms with van der Waals surface area (Å²) >= 11 is 0. The minimum atomic E-state index is 0.342. The number of hydrogen-bond acceptors (Lipinski definition) is 4. The molecule has 0 aliphatic carbocycles. The molecule has 0 saturated carbocycles. The molecule has 0 amide bonds. The van der Waals surface area contributed by atoms with Crippen LogP contribution in [-0.2, 0) is 0 Å². The van der Waals surface area contributed by atoms with Crippen LogP contribution in [0.3, 0.4) is 0 Å². The van der Waals surface area contributed by atoms with Crippen molar-refractivity contribution in [2.45, 2.75) is 13.8 Å². The summed E-state index contributed by atoms with van der Waals surface area (Å²) in [5, 5.41) is 0. The van der Waals surface area contributed by atoms with E-state index in [0.717, 1.165) is 34.1 Å². The number of allylic oxidation sites excluding steroid dienone is 2. The largest absolute Gasteiger partial charge is 0.454 e. The lowest BCUT2D eigenvalue weighted by Crippen LogP contribution is -1.92. The highest BCUT2D eigenvalue weighted by Gasteiger charge is 2.12. The summed E-state index contributed by atoms with van der Waals surface area (Å²) in [7, 11) is 0. The molecule has 0 saturated heterocycles. The number of benzene rings is 2. The molecule has 2 aliphatic heterocycles. The van der Waals surface area contributed by atoms with Crippen molar-refractivity contribution in [2.24, 2.45) is 0 Å². The maximum Gasteiger partial charge on any atom is 0.231 e. The fraction of sp³-hybridized carbons (Fsp3) is 0.200. The fourth-order valence-electron chi connectivity index (χ4n) is 2.42. The van der Waals surface area contributed by atoms with Crippen LogP contribution in [-0.4, -0.2) is 13.6 Å². The molecule has 0 aromatic heterocycles. The molecule has 124 valence electrons. The summed E-state index contributed by atoms with van der Waals surface area (Å²) < 4.78 is 20.8. The highest BCUT2D eigenvalue weighted by Crippen LogP contribution is 2.33. The molecule has 4 rings (SSSR count). The lowest BCUT2D eigenvalue weighted by Gasteiger charge is -1.96. The standard InChI is InChI=1S/2C10H10O2/c2*1-2-3-8-4-5-9-10(6-8)12-7-11-9/h2*2-6H,7H2,1H3. The number of rotatable bonds is 2. The Labute approximate surface area is 141 Å². The Morgan fingerprint density at radius 2 is 1.04 bits per heavy atom. The summed E-state index contributed by atoms with van der Waals surface area (Å²) in [6.45, 7) is 4.67. The minimum absolute atomic E-state index is 0.342. The SMILES string of the molecule is CC=Cc1ccc2c(c1)OCO2.CC=Cc1ccc2c(c1)OCO2. The van der Waals surface area contributed by atoms with E-state index in [1.807, 2.05) is 74.5 Å². The Balaban J connectivity index is 0.000000141. The maximum absolute atomic E-state index is 5.23.